The van der Waals surface area contributed by atoms with Crippen LogP contribution in [0.1, 0.15) is 18.9 Å². The lowest BCUT2D eigenvalue weighted by atomic mass is 10.2. The average molecular weight is 230 g/mol. The number of rotatable bonds is 5. The van der Waals surface area contributed by atoms with E-state index in [2.05, 4.69) is 15.3 Å². The average Bonchev–Trinajstić information content (AvgIpc) is 2.28. The summed E-state index contributed by atoms with van der Waals surface area (Å²) >= 11 is 0. The van der Waals surface area contributed by atoms with Gasteiger partial charge < -0.3 is 5.32 Å². The van der Waals surface area contributed by atoms with E-state index in [4.69, 9.17) is 5.53 Å². The van der Waals surface area contributed by atoms with Gasteiger partial charge in [0.15, 0.2) is 0 Å². The summed E-state index contributed by atoms with van der Waals surface area (Å²) in [6.07, 6.45) is 4.56. The van der Waals surface area contributed by atoms with Crippen LogP contribution in [0, 0.1) is 0 Å². The molecule has 0 aliphatic heterocycles. The maximum atomic E-state index is 10.9. The lowest BCUT2D eigenvalue weighted by molar-refractivity contribution is -0.114. The molecule has 0 saturated heterocycles. The van der Waals surface area contributed by atoms with Crippen LogP contribution in [0.5, 0.6) is 0 Å². The Labute approximate surface area is 99.8 Å². The van der Waals surface area contributed by atoms with Gasteiger partial charge in [-0.1, -0.05) is 29.4 Å². The lowest BCUT2D eigenvalue weighted by Crippen LogP contribution is -2.05. The molecule has 0 spiro atoms. The predicted molar refractivity (Wildman–Crippen MR) is 68.4 cm³/mol. The summed E-state index contributed by atoms with van der Waals surface area (Å²) in [5.74, 6) is -0.0884. The molecular formula is C12H14N4O. The Morgan fingerprint density at radius 1 is 1.59 bits per heavy atom. The lowest BCUT2D eigenvalue weighted by Gasteiger charge is -2.02. The molecule has 0 aliphatic rings. The molecule has 0 radical (unpaired) electrons. The molecule has 0 fully saturated rings. The third-order valence-corrected chi connectivity index (χ3v) is 1.98. The second kappa shape index (κ2) is 7.09. The first-order valence-corrected chi connectivity index (χ1v) is 5.27. The van der Waals surface area contributed by atoms with Crippen LogP contribution in [0.25, 0.3) is 16.5 Å². The van der Waals surface area contributed by atoms with E-state index >= 15 is 0 Å². The fourth-order valence-corrected chi connectivity index (χ4v) is 1.32. The summed E-state index contributed by atoms with van der Waals surface area (Å²) in [7, 11) is 0. The molecule has 1 N–H and O–H groups in total. The second-order valence-corrected chi connectivity index (χ2v) is 3.45. The molecule has 5 nitrogen and oxygen atoms in total. The molecule has 1 rings (SSSR count). The van der Waals surface area contributed by atoms with Gasteiger partial charge >= 0.3 is 0 Å². The van der Waals surface area contributed by atoms with Gasteiger partial charge in [0, 0.05) is 24.1 Å². The molecule has 1 aromatic rings. The van der Waals surface area contributed by atoms with Crippen molar-refractivity contribution >= 4 is 17.7 Å². The Hall–Kier alpha value is -2.26. The van der Waals surface area contributed by atoms with Gasteiger partial charge in [-0.15, -0.1) is 0 Å². The molecule has 0 heterocycles. The van der Waals surface area contributed by atoms with E-state index in [1.807, 2.05) is 36.4 Å². The third kappa shape index (κ3) is 5.39. The van der Waals surface area contributed by atoms with Gasteiger partial charge in [-0.05, 0) is 29.6 Å². The number of benzene rings is 1. The molecule has 0 saturated carbocycles. The summed E-state index contributed by atoms with van der Waals surface area (Å²) in [4.78, 5) is 13.6. The highest BCUT2D eigenvalue weighted by Crippen LogP contribution is 2.12. The van der Waals surface area contributed by atoms with Crippen molar-refractivity contribution in [3.05, 3.63) is 46.3 Å². The summed E-state index contributed by atoms with van der Waals surface area (Å²) in [6, 6.07) is 7.53. The van der Waals surface area contributed by atoms with Gasteiger partial charge in [0.2, 0.25) is 5.91 Å². The standard InChI is InChI=1S/C12H14N4O/c1-10(17)15-12-7-4-6-11(9-12)5-2-3-8-14-16-13/h2,4-7,9H,3,8H2,1H3,(H,15,17). The van der Waals surface area contributed by atoms with Crippen molar-refractivity contribution in [3.8, 4) is 0 Å². The summed E-state index contributed by atoms with van der Waals surface area (Å²) in [5, 5.41) is 6.15. The van der Waals surface area contributed by atoms with Crippen LogP contribution in [0.3, 0.4) is 0 Å². The first kappa shape index (κ1) is 12.8. The van der Waals surface area contributed by atoms with Crippen molar-refractivity contribution in [2.45, 2.75) is 13.3 Å². The van der Waals surface area contributed by atoms with Crippen molar-refractivity contribution in [2.75, 3.05) is 11.9 Å². The number of carbonyl (C=O) groups excluding carboxylic acids is 1. The largest absolute Gasteiger partial charge is 0.326 e. The minimum atomic E-state index is -0.0884. The van der Waals surface area contributed by atoms with E-state index in [1.54, 1.807) is 0 Å². The van der Waals surface area contributed by atoms with E-state index in [0.717, 1.165) is 11.3 Å². The Morgan fingerprint density at radius 3 is 3.12 bits per heavy atom. The Bertz CT molecular complexity index is 461. The summed E-state index contributed by atoms with van der Waals surface area (Å²) < 4.78 is 0. The van der Waals surface area contributed by atoms with Crippen LogP contribution in [-0.4, -0.2) is 12.5 Å². The topological polar surface area (TPSA) is 77.9 Å². The molecule has 1 aromatic carbocycles. The maximum absolute atomic E-state index is 10.9. The maximum Gasteiger partial charge on any atom is 0.221 e. The van der Waals surface area contributed by atoms with Crippen LogP contribution < -0.4 is 5.32 Å². The molecule has 0 aliphatic carbocycles. The number of hydrogen-bond donors (Lipinski definition) is 1. The number of carbonyl (C=O) groups is 1. The quantitative estimate of drug-likeness (QED) is 0.358. The molecule has 0 unspecified atom stereocenters. The Kier molecular flexibility index (Phi) is 5.34. The van der Waals surface area contributed by atoms with Crippen LogP contribution in [0.4, 0.5) is 5.69 Å². The molecule has 0 atom stereocenters. The smallest absolute Gasteiger partial charge is 0.221 e. The molecule has 0 aromatic heterocycles. The van der Waals surface area contributed by atoms with Gasteiger partial charge in [0.1, 0.15) is 0 Å². The van der Waals surface area contributed by atoms with Gasteiger partial charge in [0.05, 0.1) is 0 Å². The molecule has 88 valence electrons. The van der Waals surface area contributed by atoms with Crippen molar-refractivity contribution in [1.29, 1.82) is 0 Å². The van der Waals surface area contributed by atoms with E-state index in [9.17, 15) is 4.79 Å². The van der Waals surface area contributed by atoms with Crippen LogP contribution in [-0.2, 0) is 4.79 Å². The molecule has 17 heavy (non-hydrogen) atoms. The first-order valence-electron chi connectivity index (χ1n) is 5.27. The summed E-state index contributed by atoms with van der Waals surface area (Å²) in [6.45, 7) is 1.93. The molecule has 1 amide bonds. The van der Waals surface area contributed by atoms with Gasteiger partial charge in [0.25, 0.3) is 0 Å². The van der Waals surface area contributed by atoms with Crippen molar-refractivity contribution < 1.29 is 4.79 Å². The van der Waals surface area contributed by atoms with Crippen LogP contribution in [0.2, 0.25) is 0 Å². The van der Waals surface area contributed by atoms with E-state index in [0.29, 0.717) is 13.0 Å². The van der Waals surface area contributed by atoms with Crippen LogP contribution in [0.15, 0.2) is 35.5 Å². The highest BCUT2D eigenvalue weighted by molar-refractivity contribution is 5.88. The Balaban J connectivity index is 2.58. The van der Waals surface area contributed by atoms with Gasteiger partial charge in [-0.2, -0.15) is 0 Å². The third-order valence-electron chi connectivity index (χ3n) is 1.98. The van der Waals surface area contributed by atoms with Crippen molar-refractivity contribution in [2.24, 2.45) is 5.11 Å². The normalized spacial score (nSPS) is 9.94. The zero-order valence-electron chi connectivity index (χ0n) is 9.63. The van der Waals surface area contributed by atoms with E-state index in [1.165, 1.54) is 6.92 Å². The van der Waals surface area contributed by atoms with Gasteiger partial charge in [-0.25, -0.2) is 0 Å². The molecular weight excluding hydrogens is 216 g/mol. The predicted octanol–water partition coefficient (Wildman–Crippen LogP) is 3.36. The fourth-order valence-electron chi connectivity index (χ4n) is 1.32. The number of azide groups is 1. The zero-order chi connectivity index (χ0) is 12.5. The molecule has 0 bridgehead atoms. The molecule has 5 heteroatoms. The number of amides is 1. The van der Waals surface area contributed by atoms with Crippen LogP contribution >= 0.6 is 0 Å². The highest BCUT2D eigenvalue weighted by atomic mass is 16.1. The number of nitrogens with one attached hydrogen (secondary N) is 1. The zero-order valence-corrected chi connectivity index (χ0v) is 9.63. The SMILES string of the molecule is CC(=O)Nc1cccc(C=CCCN=[N+]=[N-])c1. The minimum absolute atomic E-state index is 0.0884. The van der Waals surface area contributed by atoms with Gasteiger partial charge in [-0.3, -0.25) is 4.79 Å². The van der Waals surface area contributed by atoms with Crippen molar-refractivity contribution in [3.63, 3.8) is 0 Å². The number of hydrogen-bond acceptors (Lipinski definition) is 2. The fraction of sp³-hybridized carbons (Fsp3) is 0.250. The Morgan fingerprint density at radius 2 is 2.41 bits per heavy atom. The second-order valence-electron chi connectivity index (χ2n) is 3.45. The van der Waals surface area contributed by atoms with Crippen molar-refractivity contribution in [1.82, 2.24) is 0 Å². The van der Waals surface area contributed by atoms with E-state index in [-0.39, 0.29) is 5.91 Å². The number of nitrogens with zero attached hydrogens (tertiary/aromatic N) is 3. The highest BCUT2D eigenvalue weighted by Gasteiger charge is 1.94. The monoisotopic (exact) mass is 230 g/mol. The first-order chi connectivity index (χ1) is 8.22. The summed E-state index contributed by atoms with van der Waals surface area (Å²) in [5.41, 5.74) is 9.87. The van der Waals surface area contributed by atoms with E-state index < -0.39 is 0 Å². The number of anilines is 1. The minimum Gasteiger partial charge on any atom is -0.326 e.